The highest BCUT2D eigenvalue weighted by molar-refractivity contribution is 5.27. The zero-order valence-corrected chi connectivity index (χ0v) is 10.2. The fourth-order valence-electron chi connectivity index (χ4n) is 1.92. The molecule has 0 heterocycles. The minimum atomic E-state index is 0.538. The van der Waals surface area contributed by atoms with Crippen molar-refractivity contribution >= 4 is 0 Å². The van der Waals surface area contributed by atoms with Crippen molar-refractivity contribution < 1.29 is 0 Å². The van der Waals surface area contributed by atoms with Gasteiger partial charge >= 0.3 is 0 Å². The van der Waals surface area contributed by atoms with E-state index < -0.39 is 0 Å². The lowest BCUT2D eigenvalue weighted by molar-refractivity contribution is 0.622. The number of benzene rings is 1. The Hall–Kier alpha value is -0.820. The van der Waals surface area contributed by atoms with E-state index in [0.717, 1.165) is 6.54 Å². The van der Waals surface area contributed by atoms with Gasteiger partial charge < -0.3 is 5.73 Å². The molecule has 0 saturated heterocycles. The fraction of sp³-hybridized carbons (Fsp3) is 0.571. The third-order valence-electron chi connectivity index (χ3n) is 3.00. The van der Waals surface area contributed by atoms with Crippen LogP contribution in [0.2, 0.25) is 0 Å². The monoisotopic (exact) mass is 205 g/mol. The Labute approximate surface area is 93.7 Å². The van der Waals surface area contributed by atoms with Crippen LogP contribution < -0.4 is 5.73 Å². The molecule has 0 aliphatic rings. The van der Waals surface area contributed by atoms with Crippen molar-refractivity contribution in [2.75, 3.05) is 6.54 Å². The van der Waals surface area contributed by atoms with Crippen molar-refractivity contribution in [3.05, 3.63) is 35.4 Å². The van der Waals surface area contributed by atoms with Gasteiger partial charge in [-0.15, -0.1) is 0 Å². The van der Waals surface area contributed by atoms with E-state index in [2.05, 4.69) is 45.0 Å². The van der Waals surface area contributed by atoms with Crippen LogP contribution in [0.3, 0.4) is 0 Å². The molecule has 1 rings (SSSR count). The lowest BCUT2D eigenvalue weighted by atomic mass is 9.92. The Kier molecular flexibility index (Phi) is 4.83. The Balaban J connectivity index is 2.77. The third kappa shape index (κ3) is 3.35. The molecule has 0 spiro atoms. The first-order valence-electron chi connectivity index (χ1n) is 5.99. The first kappa shape index (κ1) is 12.3. The second-order valence-corrected chi connectivity index (χ2v) is 4.54. The first-order chi connectivity index (χ1) is 7.19. The van der Waals surface area contributed by atoms with E-state index in [4.69, 9.17) is 5.73 Å². The van der Waals surface area contributed by atoms with E-state index in [0.29, 0.717) is 11.8 Å². The van der Waals surface area contributed by atoms with E-state index in [1.807, 2.05) is 0 Å². The summed E-state index contributed by atoms with van der Waals surface area (Å²) in [7, 11) is 0. The molecular weight excluding hydrogens is 182 g/mol. The van der Waals surface area contributed by atoms with E-state index >= 15 is 0 Å². The van der Waals surface area contributed by atoms with Gasteiger partial charge in [0.15, 0.2) is 0 Å². The van der Waals surface area contributed by atoms with Crippen LogP contribution in [0.1, 0.15) is 56.6 Å². The van der Waals surface area contributed by atoms with Gasteiger partial charge in [0, 0.05) is 0 Å². The minimum absolute atomic E-state index is 0.538. The van der Waals surface area contributed by atoms with Crippen LogP contribution in [0, 0.1) is 0 Å². The van der Waals surface area contributed by atoms with E-state index in [1.165, 1.54) is 24.0 Å². The highest BCUT2D eigenvalue weighted by Gasteiger charge is 2.08. The molecule has 0 bridgehead atoms. The summed E-state index contributed by atoms with van der Waals surface area (Å²) in [6.45, 7) is 7.42. The summed E-state index contributed by atoms with van der Waals surface area (Å²) >= 11 is 0. The molecule has 0 fully saturated rings. The summed E-state index contributed by atoms with van der Waals surface area (Å²) in [5, 5.41) is 0. The van der Waals surface area contributed by atoms with Crippen molar-refractivity contribution in [1.82, 2.24) is 0 Å². The average molecular weight is 205 g/mol. The van der Waals surface area contributed by atoms with Crippen LogP contribution in [-0.4, -0.2) is 6.54 Å². The zero-order chi connectivity index (χ0) is 11.3. The Bertz CT molecular complexity index is 274. The van der Waals surface area contributed by atoms with Crippen molar-refractivity contribution in [3.63, 3.8) is 0 Å². The first-order valence-corrected chi connectivity index (χ1v) is 5.99. The van der Waals surface area contributed by atoms with Crippen LogP contribution in [0.5, 0.6) is 0 Å². The van der Waals surface area contributed by atoms with Crippen molar-refractivity contribution in [3.8, 4) is 0 Å². The maximum absolute atomic E-state index is 5.79. The van der Waals surface area contributed by atoms with Gasteiger partial charge in [0.05, 0.1) is 0 Å². The predicted octanol–water partition coefficient (Wildman–Crippen LogP) is 3.65. The summed E-state index contributed by atoms with van der Waals surface area (Å²) in [6.07, 6.45) is 2.39. The quantitative estimate of drug-likeness (QED) is 0.780. The molecule has 15 heavy (non-hydrogen) atoms. The second-order valence-electron chi connectivity index (χ2n) is 4.54. The molecule has 0 aliphatic heterocycles. The molecular formula is C14H23N. The number of hydrogen-bond acceptors (Lipinski definition) is 1. The van der Waals surface area contributed by atoms with Gasteiger partial charge in [-0.2, -0.15) is 0 Å². The summed E-state index contributed by atoms with van der Waals surface area (Å²) in [4.78, 5) is 0. The van der Waals surface area contributed by atoms with Gasteiger partial charge in [-0.1, -0.05) is 51.5 Å². The van der Waals surface area contributed by atoms with Crippen molar-refractivity contribution in [2.24, 2.45) is 5.73 Å². The molecule has 0 radical (unpaired) electrons. The van der Waals surface area contributed by atoms with Gasteiger partial charge in [0.1, 0.15) is 0 Å². The summed E-state index contributed by atoms with van der Waals surface area (Å²) < 4.78 is 0. The minimum Gasteiger partial charge on any atom is -0.330 e. The van der Waals surface area contributed by atoms with Crippen LogP contribution in [0.4, 0.5) is 0 Å². The highest BCUT2D eigenvalue weighted by Crippen LogP contribution is 2.22. The summed E-state index contributed by atoms with van der Waals surface area (Å²) in [5.41, 5.74) is 8.59. The van der Waals surface area contributed by atoms with E-state index in [9.17, 15) is 0 Å². The molecule has 1 unspecified atom stereocenters. The molecule has 1 aromatic carbocycles. The van der Waals surface area contributed by atoms with Gasteiger partial charge in [0.25, 0.3) is 0 Å². The maximum Gasteiger partial charge on any atom is -0.000824 e. The fourth-order valence-corrected chi connectivity index (χ4v) is 1.92. The van der Waals surface area contributed by atoms with Gasteiger partial charge in [-0.05, 0) is 35.9 Å². The van der Waals surface area contributed by atoms with Crippen LogP contribution in [0.15, 0.2) is 24.3 Å². The van der Waals surface area contributed by atoms with E-state index in [1.54, 1.807) is 0 Å². The normalized spacial score (nSPS) is 13.1. The van der Waals surface area contributed by atoms with Crippen molar-refractivity contribution in [2.45, 2.75) is 45.4 Å². The standard InChI is InChI=1S/C14H23N/c1-4-5-14(10-15)13-8-6-12(7-9-13)11(2)3/h6-9,11,14H,4-5,10,15H2,1-3H3. The molecule has 1 heteroatoms. The van der Waals surface area contributed by atoms with Crippen LogP contribution in [0.25, 0.3) is 0 Å². The molecule has 0 aliphatic carbocycles. The molecule has 2 N–H and O–H groups in total. The molecule has 1 atom stereocenters. The summed E-state index contributed by atoms with van der Waals surface area (Å²) in [5.74, 6) is 1.15. The molecule has 0 saturated carbocycles. The lowest BCUT2D eigenvalue weighted by Crippen LogP contribution is -2.12. The highest BCUT2D eigenvalue weighted by atomic mass is 14.5. The van der Waals surface area contributed by atoms with Crippen LogP contribution in [-0.2, 0) is 0 Å². The second kappa shape index (κ2) is 5.92. The SMILES string of the molecule is CCCC(CN)c1ccc(C(C)C)cc1. The molecule has 1 nitrogen and oxygen atoms in total. The maximum atomic E-state index is 5.79. The predicted molar refractivity (Wildman–Crippen MR) is 67.2 cm³/mol. The lowest BCUT2D eigenvalue weighted by Gasteiger charge is -2.15. The molecule has 0 aromatic heterocycles. The van der Waals surface area contributed by atoms with Crippen LogP contribution >= 0.6 is 0 Å². The number of nitrogens with two attached hydrogens (primary N) is 1. The molecule has 0 amide bonds. The zero-order valence-electron chi connectivity index (χ0n) is 10.2. The third-order valence-corrected chi connectivity index (χ3v) is 3.00. The van der Waals surface area contributed by atoms with E-state index in [-0.39, 0.29) is 0 Å². The van der Waals surface area contributed by atoms with Gasteiger partial charge in [0.2, 0.25) is 0 Å². The van der Waals surface area contributed by atoms with Gasteiger partial charge in [-0.25, -0.2) is 0 Å². The average Bonchev–Trinajstić information content (AvgIpc) is 2.26. The Morgan fingerprint density at radius 1 is 1.07 bits per heavy atom. The Morgan fingerprint density at radius 2 is 1.60 bits per heavy atom. The largest absolute Gasteiger partial charge is 0.330 e. The number of rotatable bonds is 5. The molecule has 84 valence electrons. The molecule has 1 aromatic rings. The topological polar surface area (TPSA) is 26.0 Å². The summed E-state index contributed by atoms with van der Waals surface area (Å²) in [6, 6.07) is 8.95. The number of hydrogen-bond donors (Lipinski definition) is 1. The smallest absolute Gasteiger partial charge is 0.000824 e. The Morgan fingerprint density at radius 3 is 2.00 bits per heavy atom. The van der Waals surface area contributed by atoms with Crippen molar-refractivity contribution in [1.29, 1.82) is 0 Å². The van der Waals surface area contributed by atoms with Gasteiger partial charge in [-0.3, -0.25) is 0 Å².